The van der Waals surface area contributed by atoms with Crippen molar-refractivity contribution in [3.63, 3.8) is 0 Å². The Bertz CT molecular complexity index is 320. The van der Waals surface area contributed by atoms with Crippen LogP contribution in [0.15, 0.2) is 11.0 Å². The summed E-state index contributed by atoms with van der Waals surface area (Å²) in [5, 5.41) is 2.88. The van der Waals surface area contributed by atoms with Crippen LogP contribution in [0, 0.1) is 0 Å². The first-order valence-corrected chi connectivity index (χ1v) is 4.24. The van der Waals surface area contributed by atoms with E-state index in [0.29, 0.717) is 0 Å². The molecule has 1 aromatic heterocycles. The highest BCUT2D eigenvalue weighted by Crippen LogP contribution is 2.22. The Labute approximate surface area is 72.4 Å². The predicted octanol–water partition coefficient (Wildman–Crippen LogP) is 1.40. The Morgan fingerprint density at radius 3 is 2.50 bits per heavy atom. The van der Waals surface area contributed by atoms with Gasteiger partial charge in [0.15, 0.2) is 0 Å². The summed E-state index contributed by atoms with van der Waals surface area (Å²) in [6, 6.07) is 0. The normalized spacial score (nSPS) is 12.0. The van der Waals surface area contributed by atoms with Crippen molar-refractivity contribution < 1.29 is 0 Å². The molecule has 0 atom stereocenters. The number of aromatic amines is 1. The van der Waals surface area contributed by atoms with Gasteiger partial charge in [-0.1, -0.05) is 20.8 Å². The van der Waals surface area contributed by atoms with E-state index < -0.39 is 0 Å². The standard InChI is InChI=1S/C9H16N2O/c1-5-9(2,3)7-6-10-11(4)8(7)12/h6,10H,5H2,1-4H3. The van der Waals surface area contributed by atoms with Gasteiger partial charge < -0.3 is 5.10 Å². The number of hydrogen-bond donors (Lipinski definition) is 1. The Morgan fingerprint density at radius 1 is 1.58 bits per heavy atom. The van der Waals surface area contributed by atoms with E-state index in [1.807, 2.05) is 0 Å². The summed E-state index contributed by atoms with van der Waals surface area (Å²) in [6.45, 7) is 6.25. The topological polar surface area (TPSA) is 37.8 Å². The van der Waals surface area contributed by atoms with Crippen molar-refractivity contribution in [1.82, 2.24) is 9.78 Å². The molecule has 0 saturated carbocycles. The quantitative estimate of drug-likeness (QED) is 0.712. The summed E-state index contributed by atoms with van der Waals surface area (Å²) in [5.74, 6) is 0. The van der Waals surface area contributed by atoms with Crippen LogP contribution in [0.25, 0.3) is 0 Å². The first kappa shape index (κ1) is 9.10. The van der Waals surface area contributed by atoms with Gasteiger partial charge in [0.05, 0.1) is 0 Å². The zero-order valence-corrected chi connectivity index (χ0v) is 8.14. The summed E-state index contributed by atoms with van der Waals surface area (Å²) in [7, 11) is 1.73. The van der Waals surface area contributed by atoms with Crippen LogP contribution in [0.4, 0.5) is 0 Å². The predicted molar refractivity (Wildman–Crippen MR) is 49.4 cm³/mol. The van der Waals surface area contributed by atoms with Crippen LogP contribution >= 0.6 is 0 Å². The van der Waals surface area contributed by atoms with E-state index in [4.69, 9.17) is 0 Å². The van der Waals surface area contributed by atoms with E-state index in [9.17, 15) is 4.79 Å². The Hall–Kier alpha value is -0.990. The average Bonchev–Trinajstić information content (AvgIpc) is 2.33. The lowest BCUT2D eigenvalue weighted by molar-refractivity contribution is 0.501. The first-order valence-electron chi connectivity index (χ1n) is 4.24. The van der Waals surface area contributed by atoms with Gasteiger partial charge in [0.25, 0.3) is 5.56 Å². The summed E-state index contributed by atoms with van der Waals surface area (Å²) < 4.78 is 1.51. The van der Waals surface area contributed by atoms with Crippen molar-refractivity contribution >= 4 is 0 Å². The number of aryl methyl sites for hydroxylation is 1. The minimum Gasteiger partial charge on any atom is -0.303 e. The van der Waals surface area contributed by atoms with E-state index in [-0.39, 0.29) is 11.0 Å². The molecule has 12 heavy (non-hydrogen) atoms. The summed E-state index contributed by atoms with van der Waals surface area (Å²) in [4.78, 5) is 11.5. The molecule has 0 fully saturated rings. The van der Waals surface area contributed by atoms with E-state index in [2.05, 4.69) is 25.9 Å². The highest BCUT2D eigenvalue weighted by molar-refractivity contribution is 5.16. The van der Waals surface area contributed by atoms with Gasteiger partial charge in [-0.05, 0) is 11.8 Å². The van der Waals surface area contributed by atoms with Gasteiger partial charge in [-0.25, -0.2) is 0 Å². The largest absolute Gasteiger partial charge is 0.303 e. The average molecular weight is 168 g/mol. The lowest BCUT2D eigenvalue weighted by atomic mass is 9.84. The summed E-state index contributed by atoms with van der Waals surface area (Å²) in [6.07, 6.45) is 2.77. The van der Waals surface area contributed by atoms with Gasteiger partial charge in [-0.3, -0.25) is 9.48 Å². The zero-order chi connectivity index (χ0) is 9.35. The Kier molecular flexibility index (Phi) is 2.13. The second kappa shape index (κ2) is 2.81. The fraction of sp³-hybridized carbons (Fsp3) is 0.667. The Balaban J connectivity index is 3.20. The number of hydrogen-bond acceptors (Lipinski definition) is 1. The van der Waals surface area contributed by atoms with E-state index in [1.165, 1.54) is 4.68 Å². The molecule has 0 radical (unpaired) electrons. The van der Waals surface area contributed by atoms with Crippen molar-refractivity contribution in [2.45, 2.75) is 32.6 Å². The van der Waals surface area contributed by atoms with Crippen molar-refractivity contribution in [3.05, 3.63) is 22.1 Å². The molecule has 0 saturated heterocycles. The maximum atomic E-state index is 11.5. The number of rotatable bonds is 2. The molecule has 1 N–H and O–H groups in total. The van der Waals surface area contributed by atoms with Crippen molar-refractivity contribution in [3.8, 4) is 0 Å². The van der Waals surface area contributed by atoms with Crippen molar-refractivity contribution in [2.75, 3.05) is 0 Å². The van der Waals surface area contributed by atoms with Crippen LogP contribution in [-0.4, -0.2) is 9.78 Å². The van der Waals surface area contributed by atoms with Gasteiger partial charge in [-0.2, -0.15) is 0 Å². The number of H-pyrrole nitrogens is 1. The van der Waals surface area contributed by atoms with E-state index >= 15 is 0 Å². The molecule has 0 amide bonds. The zero-order valence-electron chi connectivity index (χ0n) is 8.14. The highest BCUT2D eigenvalue weighted by atomic mass is 16.1. The van der Waals surface area contributed by atoms with Gasteiger partial charge in [0.2, 0.25) is 0 Å². The lowest BCUT2D eigenvalue weighted by Gasteiger charge is -2.19. The Morgan fingerprint density at radius 2 is 2.17 bits per heavy atom. The van der Waals surface area contributed by atoms with Gasteiger partial charge >= 0.3 is 0 Å². The number of nitrogens with one attached hydrogen (secondary N) is 1. The molecule has 3 nitrogen and oxygen atoms in total. The van der Waals surface area contributed by atoms with Crippen LogP contribution in [0.2, 0.25) is 0 Å². The SMILES string of the molecule is CCC(C)(C)c1c[nH]n(C)c1=O. The van der Waals surface area contributed by atoms with E-state index in [1.54, 1.807) is 13.2 Å². The fourth-order valence-electron chi connectivity index (χ4n) is 1.14. The van der Waals surface area contributed by atoms with Gasteiger partial charge in [-0.15, -0.1) is 0 Å². The molecular weight excluding hydrogens is 152 g/mol. The van der Waals surface area contributed by atoms with Crippen LogP contribution < -0.4 is 5.56 Å². The molecule has 0 aliphatic rings. The second-order valence-electron chi connectivity index (χ2n) is 3.79. The van der Waals surface area contributed by atoms with Crippen LogP contribution in [-0.2, 0) is 12.5 Å². The minimum absolute atomic E-state index is 0.0190. The molecule has 1 heterocycles. The van der Waals surface area contributed by atoms with Crippen LogP contribution in [0.1, 0.15) is 32.8 Å². The summed E-state index contributed by atoms with van der Waals surface area (Å²) in [5.41, 5.74) is 0.934. The van der Waals surface area contributed by atoms with Crippen molar-refractivity contribution in [1.29, 1.82) is 0 Å². The smallest absolute Gasteiger partial charge is 0.269 e. The molecule has 0 bridgehead atoms. The van der Waals surface area contributed by atoms with Gasteiger partial charge in [0, 0.05) is 18.8 Å². The second-order valence-corrected chi connectivity index (χ2v) is 3.79. The maximum absolute atomic E-state index is 11.5. The first-order chi connectivity index (χ1) is 5.49. The molecule has 1 aromatic rings. The van der Waals surface area contributed by atoms with Crippen LogP contribution in [0.3, 0.4) is 0 Å². The third-order valence-corrected chi connectivity index (χ3v) is 2.55. The molecule has 0 spiro atoms. The molecule has 3 heteroatoms. The van der Waals surface area contributed by atoms with Gasteiger partial charge in [0.1, 0.15) is 0 Å². The van der Waals surface area contributed by atoms with E-state index in [0.717, 1.165) is 12.0 Å². The fourth-order valence-corrected chi connectivity index (χ4v) is 1.14. The molecule has 0 aliphatic carbocycles. The highest BCUT2D eigenvalue weighted by Gasteiger charge is 2.22. The molecule has 0 aromatic carbocycles. The number of nitrogens with zero attached hydrogens (tertiary/aromatic N) is 1. The maximum Gasteiger partial charge on any atom is 0.269 e. The molecule has 1 rings (SSSR count). The molecule has 0 unspecified atom stereocenters. The third kappa shape index (κ3) is 1.31. The monoisotopic (exact) mass is 168 g/mol. The lowest BCUT2D eigenvalue weighted by Crippen LogP contribution is -2.26. The minimum atomic E-state index is -0.0190. The van der Waals surface area contributed by atoms with Crippen LogP contribution in [0.5, 0.6) is 0 Å². The third-order valence-electron chi connectivity index (χ3n) is 2.55. The summed E-state index contributed by atoms with van der Waals surface area (Å²) >= 11 is 0. The molecule has 68 valence electrons. The number of aromatic nitrogens is 2. The van der Waals surface area contributed by atoms with Crippen molar-refractivity contribution in [2.24, 2.45) is 7.05 Å². The molecular formula is C9H16N2O. The molecule has 0 aliphatic heterocycles.